The third kappa shape index (κ3) is 4.57. The second-order valence-corrected chi connectivity index (χ2v) is 5.11. The number of nitrogens with one attached hydrogen (secondary N) is 1. The number of benzene rings is 1. The van der Waals surface area contributed by atoms with Crippen LogP contribution in [-0.2, 0) is 6.54 Å². The molecule has 0 saturated carbocycles. The van der Waals surface area contributed by atoms with Gasteiger partial charge in [0.1, 0.15) is 5.75 Å². The molecule has 0 fully saturated rings. The number of nitrogens with zero attached hydrogens (tertiary/aromatic N) is 1. The summed E-state index contributed by atoms with van der Waals surface area (Å²) in [6, 6.07) is 6.82. The molecule has 1 aromatic carbocycles. The van der Waals surface area contributed by atoms with Gasteiger partial charge in [0.2, 0.25) is 0 Å². The van der Waals surface area contributed by atoms with Crippen LogP contribution >= 0.6 is 0 Å². The number of ether oxygens (including phenoxy) is 1. The molecular formula is C15H26N2O. The van der Waals surface area contributed by atoms with E-state index in [4.69, 9.17) is 4.74 Å². The van der Waals surface area contributed by atoms with Crippen LogP contribution in [-0.4, -0.2) is 32.1 Å². The van der Waals surface area contributed by atoms with E-state index in [2.05, 4.69) is 50.3 Å². The topological polar surface area (TPSA) is 24.5 Å². The highest BCUT2D eigenvalue weighted by Crippen LogP contribution is 2.27. The molecule has 0 aliphatic heterocycles. The van der Waals surface area contributed by atoms with Gasteiger partial charge in [0.15, 0.2) is 0 Å². The number of anilines is 1. The van der Waals surface area contributed by atoms with Crippen LogP contribution in [0, 0.1) is 0 Å². The maximum absolute atomic E-state index is 5.41. The summed E-state index contributed by atoms with van der Waals surface area (Å²) < 4.78 is 5.41. The lowest BCUT2D eigenvalue weighted by molar-refractivity contribution is 0.400. The fourth-order valence-corrected chi connectivity index (χ4v) is 2.10. The maximum atomic E-state index is 5.41. The number of hydrogen-bond donors (Lipinski definition) is 1. The summed E-state index contributed by atoms with van der Waals surface area (Å²) in [6.45, 7) is 5.36. The van der Waals surface area contributed by atoms with Crippen LogP contribution in [0.25, 0.3) is 0 Å². The Balaban J connectivity index is 2.84. The van der Waals surface area contributed by atoms with Gasteiger partial charge in [-0.15, -0.1) is 0 Å². The third-order valence-electron chi connectivity index (χ3n) is 2.89. The van der Waals surface area contributed by atoms with Crippen molar-refractivity contribution in [1.29, 1.82) is 0 Å². The van der Waals surface area contributed by atoms with E-state index in [1.807, 2.05) is 6.07 Å². The van der Waals surface area contributed by atoms with Crippen molar-refractivity contribution in [3.63, 3.8) is 0 Å². The molecule has 3 nitrogen and oxygen atoms in total. The molecule has 1 unspecified atom stereocenters. The van der Waals surface area contributed by atoms with Crippen molar-refractivity contribution in [3.8, 4) is 5.75 Å². The van der Waals surface area contributed by atoms with E-state index < -0.39 is 0 Å². The van der Waals surface area contributed by atoms with Crippen LogP contribution in [0.4, 0.5) is 5.69 Å². The van der Waals surface area contributed by atoms with E-state index in [1.54, 1.807) is 7.11 Å². The van der Waals surface area contributed by atoms with Crippen LogP contribution in [0.2, 0.25) is 0 Å². The minimum Gasteiger partial charge on any atom is -0.495 e. The van der Waals surface area contributed by atoms with E-state index in [9.17, 15) is 0 Å². The van der Waals surface area contributed by atoms with Gasteiger partial charge in [0.05, 0.1) is 12.8 Å². The number of methoxy groups -OCH3 is 1. The lowest BCUT2D eigenvalue weighted by Crippen LogP contribution is -2.16. The highest BCUT2D eigenvalue weighted by Gasteiger charge is 2.08. The first kappa shape index (κ1) is 14.8. The molecule has 0 aliphatic carbocycles. The standard InChI is InChI=1S/C15H26N2O/c1-6-7-12(2)16-14-10-13(11-17(3)4)8-9-15(14)18-5/h8-10,12,16H,6-7,11H2,1-5H3. The average Bonchev–Trinajstić information content (AvgIpc) is 2.28. The van der Waals surface area contributed by atoms with E-state index in [0.717, 1.165) is 18.0 Å². The highest BCUT2D eigenvalue weighted by molar-refractivity contribution is 5.58. The van der Waals surface area contributed by atoms with Gasteiger partial charge in [-0.1, -0.05) is 19.4 Å². The van der Waals surface area contributed by atoms with Crippen molar-refractivity contribution in [3.05, 3.63) is 23.8 Å². The second kappa shape index (κ2) is 7.27. The molecule has 1 N–H and O–H groups in total. The normalized spacial score (nSPS) is 12.6. The summed E-state index contributed by atoms with van der Waals surface area (Å²) in [7, 11) is 5.88. The van der Waals surface area contributed by atoms with Gasteiger partial charge >= 0.3 is 0 Å². The Morgan fingerprint density at radius 1 is 1.33 bits per heavy atom. The average molecular weight is 250 g/mol. The number of hydrogen-bond acceptors (Lipinski definition) is 3. The largest absolute Gasteiger partial charge is 0.495 e. The predicted octanol–water partition coefficient (Wildman–Crippen LogP) is 3.36. The summed E-state index contributed by atoms with van der Waals surface area (Å²) in [5.41, 5.74) is 2.39. The zero-order chi connectivity index (χ0) is 13.5. The second-order valence-electron chi connectivity index (χ2n) is 5.11. The monoisotopic (exact) mass is 250 g/mol. The lowest BCUT2D eigenvalue weighted by atomic mass is 10.1. The molecule has 0 amide bonds. The van der Waals surface area contributed by atoms with Gasteiger partial charge in [-0.2, -0.15) is 0 Å². The van der Waals surface area contributed by atoms with Gasteiger partial charge in [0, 0.05) is 12.6 Å². The maximum Gasteiger partial charge on any atom is 0.141 e. The minimum atomic E-state index is 0.471. The lowest BCUT2D eigenvalue weighted by Gasteiger charge is -2.19. The quantitative estimate of drug-likeness (QED) is 0.803. The summed E-state index contributed by atoms with van der Waals surface area (Å²) in [6.07, 6.45) is 2.36. The summed E-state index contributed by atoms with van der Waals surface area (Å²) in [4.78, 5) is 2.17. The van der Waals surface area contributed by atoms with Crippen LogP contribution < -0.4 is 10.1 Å². The Morgan fingerprint density at radius 2 is 2.06 bits per heavy atom. The summed E-state index contributed by atoms with van der Waals surface area (Å²) in [5.74, 6) is 0.917. The molecule has 0 saturated heterocycles. The van der Waals surface area contributed by atoms with Crippen LogP contribution in [0.1, 0.15) is 32.3 Å². The molecule has 3 heteroatoms. The van der Waals surface area contributed by atoms with E-state index in [-0.39, 0.29) is 0 Å². The molecule has 0 aliphatic rings. The fraction of sp³-hybridized carbons (Fsp3) is 0.600. The molecule has 0 aromatic heterocycles. The van der Waals surface area contributed by atoms with Gasteiger partial charge < -0.3 is 15.0 Å². The van der Waals surface area contributed by atoms with Crippen molar-refractivity contribution < 1.29 is 4.74 Å². The van der Waals surface area contributed by atoms with E-state index in [1.165, 1.54) is 18.4 Å². The molecule has 102 valence electrons. The molecule has 18 heavy (non-hydrogen) atoms. The van der Waals surface area contributed by atoms with Crippen LogP contribution in [0.15, 0.2) is 18.2 Å². The zero-order valence-electron chi connectivity index (χ0n) is 12.3. The molecule has 0 radical (unpaired) electrons. The number of rotatable bonds is 7. The van der Waals surface area contributed by atoms with Crippen molar-refractivity contribution in [1.82, 2.24) is 4.90 Å². The Morgan fingerprint density at radius 3 is 2.61 bits per heavy atom. The van der Waals surface area contributed by atoms with Gasteiger partial charge in [-0.25, -0.2) is 0 Å². The third-order valence-corrected chi connectivity index (χ3v) is 2.89. The molecule has 0 spiro atoms. The Hall–Kier alpha value is -1.22. The minimum absolute atomic E-state index is 0.471. The predicted molar refractivity (Wildman–Crippen MR) is 78.4 cm³/mol. The summed E-state index contributed by atoms with van der Waals surface area (Å²) in [5, 5.41) is 3.53. The first-order valence-electron chi connectivity index (χ1n) is 6.65. The van der Waals surface area contributed by atoms with Crippen molar-refractivity contribution >= 4 is 5.69 Å². The fourth-order valence-electron chi connectivity index (χ4n) is 2.10. The molecular weight excluding hydrogens is 224 g/mol. The first-order valence-corrected chi connectivity index (χ1v) is 6.65. The Kier molecular flexibility index (Phi) is 5.99. The van der Waals surface area contributed by atoms with Crippen molar-refractivity contribution in [2.75, 3.05) is 26.5 Å². The Labute approximate surface area is 111 Å². The van der Waals surface area contributed by atoms with Crippen LogP contribution in [0.5, 0.6) is 5.75 Å². The molecule has 1 rings (SSSR count). The SMILES string of the molecule is CCCC(C)Nc1cc(CN(C)C)ccc1OC. The zero-order valence-corrected chi connectivity index (χ0v) is 12.3. The van der Waals surface area contributed by atoms with E-state index in [0.29, 0.717) is 6.04 Å². The molecule has 0 bridgehead atoms. The molecule has 0 heterocycles. The molecule has 1 aromatic rings. The first-order chi connectivity index (χ1) is 8.56. The Bertz CT molecular complexity index is 364. The smallest absolute Gasteiger partial charge is 0.141 e. The van der Waals surface area contributed by atoms with E-state index >= 15 is 0 Å². The van der Waals surface area contributed by atoms with Crippen molar-refractivity contribution in [2.24, 2.45) is 0 Å². The summed E-state index contributed by atoms with van der Waals surface area (Å²) >= 11 is 0. The van der Waals surface area contributed by atoms with Gasteiger partial charge in [0.25, 0.3) is 0 Å². The van der Waals surface area contributed by atoms with Crippen LogP contribution in [0.3, 0.4) is 0 Å². The van der Waals surface area contributed by atoms with Crippen molar-refractivity contribution in [2.45, 2.75) is 39.3 Å². The van der Waals surface area contributed by atoms with Gasteiger partial charge in [-0.3, -0.25) is 0 Å². The molecule has 1 atom stereocenters. The highest BCUT2D eigenvalue weighted by atomic mass is 16.5. The van der Waals surface area contributed by atoms with Gasteiger partial charge in [-0.05, 0) is 45.1 Å².